The normalized spacial score (nSPS) is 10.7. The van der Waals surface area contributed by atoms with Crippen molar-refractivity contribution in [1.82, 2.24) is 9.78 Å². The molecule has 0 spiro atoms. The Hall–Kier alpha value is -1.77. The van der Waals surface area contributed by atoms with Gasteiger partial charge in [0.05, 0.1) is 5.69 Å². The van der Waals surface area contributed by atoms with Crippen LogP contribution in [0.1, 0.15) is 30.9 Å². The van der Waals surface area contributed by atoms with E-state index in [0.717, 1.165) is 30.5 Å². The number of aromatic nitrogens is 2. The molecule has 0 fully saturated rings. The lowest BCUT2D eigenvalue weighted by molar-refractivity contribution is 0.791. The van der Waals surface area contributed by atoms with Crippen LogP contribution in [0.2, 0.25) is 0 Å². The Kier molecular flexibility index (Phi) is 3.47. The minimum atomic E-state index is 0.0277. The lowest BCUT2D eigenvalue weighted by Gasteiger charge is -2.02. The van der Waals surface area contributed by atoms with Crippen LogP contribution in [0.15, 0.2) is 35.3 Å². The number of nitrogens with zero attached hydrogens (tertiary/aromatic N) is 1. The predicted octanol–water partition coefficient (Wildman–Crippen LogP) is 2.82. The second kappa shape index (κ2) is 5.04. The van der Waals surface area contributed by atoms with Crippen LogP contribution < -0.4 is 5.56 Å². The van der Waals surface area contributed by atoms with Crippen molar-refractivity contribution < 1.29 is 0 Å². The highest BCUT2D eigenvalue weighted by Crippen LogP contribution is 2.09. The maximum atomic E-state index is 11.7. The number of hydrogen-bond donors (Lipinski definition) is 1. The molecule has 0 saturated carbocycles. The van der Waals surface area contributed by atoms with Crippen LogP contribution in [-0.2, 0) is 6.42 Å². The smallest absolute Gasteiger partial charge is 0.267 e. The van der Waals surface area contributed by atoms with Crippen LogP contribution in [0.5, 0.6) is 0 Å². The molecule has 0 atom stereocenters. The molecule has 0 aliphatic carbocycles. The molecule has 0 amide bonds. The highest BCUT2D eigenvalue weighted by molar-refractivity contribution is 5.35. The number of aromatic amines is 1. The molecule has 0 unspecified atom stereocenters. The summed E-state index contributed by atoms with van der Waals surface area (Å²) in [5.41, 5.74) is 3.09. The molecule has 2 rings (SSSR count). The third-order valence-electron chi connectivity index (χ3n) is 2.88. The van der Waals surface area contributed by atoms with E-state index in [-0.39, 0.29) is 5.56 Å². The van der Waals surface area contributed by atoms with Gasteiger partial charge >= 0.3 is 0 Å². The molecule has 1 N–H and O–H groups in total. The maximum Gasteiger partial charge on any atom is 0.267 e. The Morgan fingerprint density at radius 2 is 2.18 bits per heavy atom. The number of aryl methyl sites for hydroxylation is 2. The number of H-pyrrole nitrogens is 1. The van der Waals surface area contributed by atoms with E-state index in [2.05, 4.69) is 18.1 Å². The first-order valence-corrected chi connectivity index (χ1v) is 6.08. The Morgan fingerprint density at radius 3 is 2.88 bits per heavy atom. The summed E-state index contributed by atoms with van der Waals surface area (Å²) in [4.78, 5) is 11.7. The van der Waals surface area contributed by atoms with Crippen molar-refractivity contribution in [3.05, 3.63) is 51.9 Å². The van der Waals surface area contributed by atoms with Crippen LogP contribution in [-0.4, -0.2) is 9.78 Å². The molecular weight excluding hydrogens is 212 g/mol. The molecule has 0 aliphatic heterocycles. The molecule has 0 bridgehead atoms. The Balaban J connectivity index is 2.31. The fourth-order valence-electron chi connectivity index (χ4n) is 1.89. The first-order valence-electron chi connectivity index (χ1n) is 6.08. The van der Waals surface area contributed by atoms with Crippen molar-refractivity contribution in [2.75, 3.05) is 0 Å². The van der Waals surface area contributed by atoms with Crippen molar-refractivity contribution in [2.24, 2.45) is 0 Å². The largest absolute Gasteiger partial charge is 0.268 e. The van der Waals surface area contributed by atoms with Crippen LogP contribution >= 0.6 is 0 Å². The number of unbranched alkanes of at least 4 members (excludes halogenated alkanes) is 1. The fraction of sp³-hybridized carbons (Fsp3) is 0.357. The molecule has 0 saturated heterocycles. The molecule has 0 aliphatic rings. The summed E-state index contributed by atoms with van der Waals surface area (Å²) in [6.45, 7) is 4.18. The van der Waals surface area contributed by atoms with Crippen LogP contribution in [0.3, 0.4) is 0 Å². The zero-order valence-corrected chi connectivity index (χ0v) is 10.4. The summed E-state index contributed by atoms with van der Waals surface area (Å²) in [6.07, 6.45) is 4.92. The lowest BCUT2D eigenvalue weighted by atomic mass is 10.2. The molecule has 1 heterocycles. The lowest BCUT2D eigenvalue weighted by Crippen LogP contribution is -2.07. The van der Waals surface area contributed by atoms with Gasteiger partial charge in [0.2, 0.25) is 0 Å². The van der Waals surface area contributed by atoms with Gasteiger partial charge in [0, 0.05) is 11.8 Å². The van der Waals surface area contributed by atoms with Gasteiger partial charge in [0.1, 0.15) is 0 Å². The van der Waals surface area contributed by atoms with Crippen LogP contribution in [0.4, 0.5) is 0 Å². The second-order valence-corrected chi connectivity index (χ2v) is 4.41. The third kappa shape index (κ3) is 2.67. The summed E-state index contributed by atoms with van der Waals surface area (Å²) in [5, 5.41) is 2.86. The summed E-state index contributed by atoms with van der Waals surface area (Å²) in [5.74, 6) is 0. The van der Waals surface area contributed by atoms with Crippen molar-refractivity contribution in [3.63, 3.8) is 0 Å². The zero-order chi connectivity index (χ0) is 12.3. The van der Waals surface area contributed by atoms with Gasteiger partial charge in [-0.2, -0.15) is 0 Å². The van der Waals surface area contributed by atoms with Crippen molar-refractivity contribution in [2.45, 2.75) is 33.1 Å². The fourth-order valence-corrected chi connectivity index (χ4v) is 1.89. The predicted molar refractivity (Wildman–Crippen MR) is 69.7 cm³/mol. The van der Waals surface area contributed by atoms with E-state index in [1.165, 1.54) is 5.56 Å². The maximum absolute atomic E-state index is 11.7. The van der Waals surface area contributed by atoms with Crippen molar-refractivity contribution >= 4 is 0 Å². The molecule has 90 valence electrons. The summed E-state index contributed by atoms with van der Waals surface area (Å²) >= 11 is 0. The number of rotatable bonds is 4. The van der Waals surface area contributed by atoms with Gasteiger partial charge in [-0.25, -0.2) is 0 Å². The topological polar surface area (TPSA) is 37.8 Å². The van der Waals surface area contributed by atoms with E-state index in [1.54, 1.807) is 4.68 Å². The second-order valence-electron chi connectivity index (χ2n) is 4.41. The van der Waals surface area contributed by atoms with Gasteiger partial charge in [-0.1, -0.05) is 25.5 Å². The summed E-state index contributed by atoms with van der Waals surface area (Å²) < 4.78 is 1.81. The van der Waals surface area contributed by atoms with E-state index in [9.17, 15) is 4.79 Å². The average molecular weight is 230 g/mol. The van der Waals surface area contributed by atoms with Crippen molar-refractivity contribution in [1.29, 1.82) is 0 Å². The highest BCUT2D eigenvalue weighted by atomic mass is 16.1. The van der Waals surface area contributed by atoms with E-state index < -0.39 is 0 Å². The molecule has 2 aromatic rings. The first-order chi connectivity index (χ1) is 8.20. The van der Waals surface area contributed by atoms with Gasteiger partial charge in [-0.05, 0) is 37.5 Å². The summed E-state index contributed by atoms with van der Waals surface area (Å²) in [7, 11) is 0. The van der Waals surface area contributed by atoms with Gasteiger partial charge in [-0.3, -0.25) is 14.6 Å². The number of nitrogens with one attached hydrogen (secondary N) is 1. The zero-order valence-electron chi connectivity index (χ0n) is 10.4. The first kappa shape index (κ1) is 11.7. The minimum Gasteiger partial charge on any atom is -0.268 e. The van der Waals surface area contributed by atoms with E-state index >= 15 is 0 Å². The van der Waals surface area contributed by atoms with Gasteiger partial charge in [-0.15, -0.1) is 0 Å². The van der Waals surface area contributed by atoms with Gasteiger partial charge in [0.25, 0.3) is 5.56 Å². The van der Waals surface area contributed by atoms with Crippen LogP contribution in [0, 0.1) is 6.92 Å². The number of hydrogen-bond acceptors (Lipinski definition) is 1. The third-order valence-corrected chi connectivity index (χ3v) is 2.88. The standard InChI is InChI=1S/C14H18N2O/c1-3-4-7-12-10-16(15-14(12)17)13-8-5-6-11(2)9-13/h5-6,8-10H,3-4,7H2,1-2H3,(H,15,17). The highest BCUT2D eigenvalue weighted by Gasteiger charge is 2.04. The van der Waals surface area contributed by atoms with E-state index in [0.29, 0.717) is 0 Å². The summed E-state index contributed by atoms with van der Waals surface area (Å²) in [6, 6.07) is 8.09. The SMILES string of the molecule is CCCCc1cn(-c2cccc(C)c2)[nH]c1=O. The van der Waals surface area contributed by atoms with Crippen LogP contribution in [0.25, 0.3) is 5.69 Å². The quantitative estimate of drug-likeness (QED) is 0.861. The van der Waals surface area contributed by atoms with Gasteiger partial charge < -0.3 is 0 Å². The van der Waals surface area contributed by atoms with Crippen molar-refractivity contribution in [3.8, 4) is 5.69 Å². The Morgan fingerprint density at radius 1 is 1.35 bits per heavy atom. The molecular formula is C14H18N2O. The van der Waals surface area contributed by atoms with E-state index in [1.807, 2.05) is 31.3 Å². The molecule has 1 aromatic carbocycles. The average Bonchev–Trinajstić information content (AvgIpc) is 2.68. The molecule has 0 radical (unpaired) electrons. The molecule has 17 heavy (non-hydrogen) atoms. The Bertz CT molecular complexity index is 551. The molecule has 1 aromatic heterocycles. The molecule has 3 heteroatoms. The minimum absolute atomic E-state index is 0.0277. The Labute approximate surface area is 101 Å². The molecule has 3 nitrogen and oxygen atoms in total. The number of benzene rings is 1. The van der Waals surface area contributed by atoms with E-state index in [4.69, 9.17) is 0 Å². The monoisotopic (exact) mass is 230 g/mol. The van der Waals surface area contributed by atoms with Gasteiger partial charge in [0.15, 0.2) is 0 Å².